The van der Waals surface area contributed by atoms with E-state index in [2.05, 4.69) is 5.32 Å². The Hall–Kier alpha value is -2.37. The van der Waals surface area contributed by atoms with Gasteiger partial charge in [0.2, 0.25) is 5.91 Å². The molecule has 1 fully saturated rings. The van der Waals surface area contributed by atoms with Crippen molar-refractivity contribution in [3.63, 3.8) is 0 Å². The number of ether oxygens (including phenoxy) is 2. The van der Waals surface area contributed by atoms with Crippen molar-refractivity contribution >= 4 is 17.8 Å². The predicted octanol–water partition coefficient (Wildman–Crippen LogP) is 1.83. The van der Waals surface area contributed by atoms with Crippen LogP contribution >= 0.6 is 0 Å². The van der Waals surface area contributed by atoms with Gasteiger partial charge in [0.25, 0.3) is 5.91 Å². The van der Waals surface area contributed by atoms with Gasteiger partial charge in [-0.2, -0.15) is 0 Å². The predicted molar refractivity (Wildman–Crippen MR) is 78.4 cm³/mol. The third-order valence-corrected chi connectivity index (χ3v) is 2.96. The first kappa shape index (κ1) is 16.0. The molecule has 0 aromatic heterocycles. The molecule has 1 unspecified atom stereocenters. The van der Waals surface area contributed by atoms with Crippen molar-refractivity contribution in [3.8, 4) is 5.75 Å². The molecule has 118 valence electrons. The lowest BCUT2D eigenvalue weighted by atomic mass is 10.1. The largest absolute Gasteiger partial charge is 0.481 e. The van der Waals surface area contributed by atoms with Crippen molar-refractivity contribution < 1.29 is 23.9 Å². The number of imide groups is 1. The Morgan fingerprint density at radius 2 is 1.82 bits per heavy atom. The lowest BCUT2D eigenvalue weighted by molar-refractivity contribution is -0.138. The zero-order valence-corrected chi connectivity index (χ0v) is 12.8. The topological polar surface area (TPSA) is 81.7 Å². The number of carbonyl (C=O) groups is 3. The standard InChI is InChI=1S/C16H19NO5/c1-16(2,3)22-15(20)10-4-6-11(7-5-10)21-12-8-9-13(18)17-14(12)19/h4-7,12H,8-9H2,1-3H3,(H,17,18,19). The Labute approximate surface area is 128 Å². The average Bonchev–Trinajstić information content (AvgIpc) is 2.41. The minimum atomic E-state index is -0.690. The van der Waals surface area contributed by atoms with E-state index in [1.54, 1.807) is 45.0 Å². The van der Waals surface area contributed by atoms with Crippen LogP contribution in [0, 0.1) is 0 Å². The lowest BCUT2D eigenvalue weighted by Gasteiger charge is -2.22. The SMILES string of the molecule is CC(C)(C)OC(=O)c1ccc(OC2CCC(=O)NC2=O)cc1. The summed E-state index contributed by atoms with van der Waals surface area (Å²) in [7, 11) is 0. The van der Waals surface area contributed by atoms with E-state index in [9.17, 15) is 14.4 Å². The highest BCUT2D eigenvalue weighted by atomic mass is 16.6. The lowest BCUT2D eigenvalue weighted by Crippen LogP contribution is -2.46. The molecule has 1 saturated heterocycles. The molecule has 0 spiro atoms. The molecule has 6 heteroatoms. The molecule has 2 rings (SSSR count). The maximum absolute atomic E-state index is 11.9. The molecule has 1 heterocycles. The second kappa shape index (κ2) is 6.17. The van der Waals surface area contributed by atoms with Crippen molar-refractivity contribution in [2.24, 2.45) is 0 Å². The molecule has 0 aliphatic carbocycles. The summed E-state index contributed by atoms with van der Waals surface area (Å²) in [5.41, 5.74) is -0.149. The molecule has 1 N–H and O–H groups in total. The van der Waals surface area contributed by atoms with Crippen molar-refractivity contribution in [3.05, 3.63) is 29.8 Å². The summed E-state index contributed by atoms with van der Waals surface area (Å²) in [6.45, 7) is 5.39. The van der Waals surface area contributed by atoms with Gasteiger partial charge in [0.1, 0.15) is 11.4 Å². The molecule has 0 saturated carbocycles. The van der Waals surface area contributed by atoms with Gasteiger partial charge in [-0.05, 0) is 45.0 Å². The van der Waals surface area contributed by atoms with Crippen LogP contribution in [0.25, 0.3) is 0 Å². The fraction of sp³-hybridized carbons (Fsp3) is 0.438. The zero-order valence-electron chi connectivity index (χ0n) is 12.8. The number of hydrogen-bond acceptors (Lipinski definition) is 5. The zero-order chi connectivity index (χ0) is 16.3. The van der Waals surface area contributed by atoms with E-state index in [1.807, 2.05) is 0 Å². The molecule has 1 aliphatic heterocycles. The molecule has 1 atom stereocenters. The summed E-state index contributed by atoms with van der Waals surface area (Å²) in [5.74, 6) is -0.681. The van der Waals surface area contributed by atoms with Crippen LogP contribution in [0.4, 0.5) is 0 Å². The summed E-state index contributed by atoms with van der Waals surface area (Å²) in [6, 6.07) is 6.36. The Kier molecular flexibility index (Phi) is 4.49. The monoisotopic (exact) mass is 305 g/mol. The summed E-state index contributed by atoms with van der Waals surface area (Å²) < 4.78 is 10.8. The van der Waals surface area contributed by atoms with E-state index < -0.39 is 23.6 Å². The summed E-state index contributed by atoms with van der Waals surface area (Å²) in [5, 5.41) is 2.23. The molecule has 0 bridgehead atoms. The first-order valence-corrected chi connectivity index (χ1v) is 7.08. The number of rotatable bonds is 3. The maximum Gasteiger partial charge on any atom is 0.338 e. The van der Waals surface area contributed by atoms with Crippen molar-refractivity contribution in [1.82, 2.24) is 5.32 Å². The van der Waals surface area contributed by atoms with Crippen molar-refractivity contribution in [2.75, 3.05) is 0 Å². The van der Waals surface area contributed by atoms with E-state index >= 15 is 0 Å². The van der Waals surface area contributed by atoms with Gasteiger partial charge >= 0.3 is 5.97 Å². The highest BCUT2D eigenvalue weighted by molar-refractivity contribution is 5.99. The first-order chi connectivity index (χ1) is 10.2. The Bertz CT molecular complexity index is 586. The molecule has 1 aliphatic rings. The van der Waals surface area contributed by atoms with Gasteiger partial charge in [-0.15, -0.1) is 0 Å². The smallest absolute Gasteiger partial charge is 0.338 e. The van der Waals surface area contributed by atoms with Crippen molar-refractivity contribution in [2.45, 2.75) is 45.3 Å². The average molecular weight is 305 g/mol. The summed E-state index contributed by atoms with van der Waals surface area (Å²) in [6.07, 6.45) is -0.0877. The molecule has 0 radical (unpaired) electrons. The van der Waals surface area contributed by atoms with Crippen LogP contribution in [0.2, 0.25) is 0 Å². The molecule has 1 aromatic rings. The number of benzene rings is 1. The highest BCUT2D eigenvalue weighted by Gasteiger charge is 2.28. The number of carbonyl (C=O) groups excluding carboxylic acids is 3. The first-order valence-electron chi connectivity index (χ1n) is 7.08. The van der Waals surface area contributed by atoms with Crippen LogP contribution in [-0.2, 0) is 14.3 Å². The number of nitrogens with one attached hydrogen (secondary N) is 1. The van der Waals surface area contributed by atoms with Crippen LogP contribution in [0.1, 0.15) is 44.0 Å². The molecule has 6 nitrogen and oxygen atoms in total. The van der Waals surface area contributed by atoms with E-state index in [1.165, 1.54) is 0 Å². The Morgan fingerprint density at radius 1 is 1.18 bits per heavy atom. The molecule has 22 heavy (non-hydrogen) atoms. The normalized spacial score (nSPS) is 18.6. The fourth-order valence-electron chi connectivity index (χ4n) is 1.96. The number of amides is 2. The van der Waals surface area contributed by atoms with Crippen LogP contribution < -0.4 is 10.1 Å². The molecular weight excluding hydrogens is 286 g/mol. The van der Waals surface area contributed by atoms with Gasteiger partial charge in [-0.3, -0.25) is 14.9 Å². The minimum Gasteiger partial charge on any atom is -0.481 e. The third-order valence-electron chi connectivity index (χ3n) is 2.96. The van der Waals surface area contributed by atoms with Crippen LogP contribution in [-0.4, -0.2) is 29.5 Å². The Balaban J connectivity index is 1.99. The third kappa shape index (κ3) is 4.31. The highest BCUT2D eigenvalue weighted by Crippen LogP contribution is 2.19. The Morgan fingerprint density at radius 3 is 2.36 bits per heavy atom. The van der Waals surface area contributed by atoms with Gasteiger partial charge < -0.3 is 9.47 Å². The number of hydrogen-bond donors (Lipinski definition) is 1. The number of esters is 1. The van der Waals surface area contributed by atoms with Crippen LogP contribution in [0.15, 0.2) is 24.3 Å². The van der Waals surface area contributed by atoms with E-state index in [-0.39, 0.29) is 12.3 Å². The maximum atomic E-state index is 11.9. The fourth-order valence-corrected chi connectivity index (χ4v) is 1.96. The van der Waals surface area contributed by atoms with E-state index in [4.69, 9.17) is 9.47 Å². The summed E-state index contributed by atoms with van der Waals surface area (Å²) >= 11 is 0. The van der Waals surface area contributed by atoms with Gasteiger partial charge in [0, 0.05) is 12.8 Å². The number of piperidine rings is 1. The van der Waals surface area contributed by atoms with Gasteiger partial charge in [0.15, 0.2) is 6.10 Å². The van der Waals surface area contributed by atoms with Gasteiger partial charge in [-0.25, -0.2) is 4.79 Å². The molecule has 2 amide bonds. The van der Waals surface area contributed by atoms with E-state index in [0.717, 1.165) is 0 Å². The van der Waals surface area contributed by atoms with Crippen LogP contribution in [0.3, 0.4) is 0 Å². The van der Waals surface area contributed by atoms with E-state index in [0.29, 0.717) is 17.7 Å². The second-order valence-electron chi connectivity index (χ2n) is 6.08. The summed E-state index contributed by atoms with van der Waals surface area (Å²) in [4.78, 5) is 34.6. The van der Waals surface area contributed by atoms with Gasteiger partial charge in [0.05, 0.1) is 5.56 Å². The molecular formula is C16H19NO5. The van der Waals surface area contributed by atoms with Crippen molar-refractivity contribution in [1.29, 1.82) is 0 Å². The van der Waals surface area contributed by atoms with Gasteiger partial charge in [-0.1, -0.05) is 0 Å². The van der Waals surface area contributed by atoms with Crippen LogP contribution in [0.5, 0.6) is 5.75 Å². The quantitative estimate of drug-likeness (QED) is 0.680. The molecule has 1 aromatic carbocycles. The second-order valence-corrected chi connectivity index (χ2v) is 6.08. The minimum absolute atomic E-state index is 0.256.